The molecule has 0 aliphatic heterocycles. The Balaban J connectivity index is 1.82. The predicted molar refractivity (Wildman–Crippen MR) is 97.6 cm³/mol. The van der Waals surface area contributed by atoms with Crippen LogP contribution in [0.1, 0.15) is 17.0 Å². The Hall–Kier alpha value is -2.33. The molecule has 0 amide bonds. The average molecular weight is 321 g/mol. The van der Waals surface area contributed by atoms with Crippen molar-refractivity contribution in [2.45, 2.75) is 25.7 Å². The van der Waals surface area contributed by atoms with Crippen molar-refractivity contribution in [3.05, 3.63) is 71.8 Å². The van der Waals surface area contributed by atoms with Crippen LogP contribution in [-0.4, -0.2) is 9.97 Å². The van der Waals surface area contributed by atoms with Crippen molar-refractivity contribution in [1.29, 1.82) is 0 Å². The molecule has 23 heavy (non-hydrogen) atoms. The van der Waals surface area contributed by atoms with Crippen molar-refractivity contribution in [2.75, 3.05) is 4.72 Å². The standard InChI is InChI=1S/C19H19N3S/c1-13-4-6-18(7-5-13)23-22-19-11-17(12-21-15(19)3)16-8-9-20-14(2)10-16/h4-12,22H,1-3H3. The summed E-state index contributed by atoms with van der Waals surface area (Å²) in [6.07, 6.45) is 3.74. The lowest BCUT2D eigenvalue weighted by atomic mass is 10.1. The summed E-state index contributed by atoms with van der Waals surface area (Å²) in [5, 5.41) is 0. The average Bonchev–Trinajstić information content (AvgIpc) is 2.55. The summed E-state index contributed by atoms with van der Waals surface area (Å²) < 4.78 is 3.41. The maximum atomic E-state index is 4.52. The molecule has 1 N–H and O–H groups in total. The van der Waals surface area contributed by atoms with Gasteiger partial charge >= 0.3 is 0 Å². The van der Waals surface area contributed by atoms with Gasteiger partial charge in [0.1, 0.15) is 0 Å². The molecule has 0 bridgehead atoms. The van der Waals surface area contributed by atoms with Gasteiger partial charge in [-0.05, 0) is 68.6 Å². The van der Waals surface area contributed by atoms with Gasteiger partial charge in [0.05, 0.1) is 11.4 Å². The van der Waals surface area contributed by atoms with Crippen LogP contribution in [0, 0.1) is 20.8 Å². The number of aryl methyl sites for hydroxylation is 3. The second kappa shape index (κ2) is 6.84. The summed E-state index contributed by atoms with van der Waals surface area (Å²) in [5.41, 5.74) is 6.51. The van der Waals surface area contributed by atoms with Gasteiger partial charge in [-0.3, -0.25) is 9.97 Å². The first-order valence-electron chi connectivity index (χ1n) is 7.51. The van der Waals surface area contributed by atoms with Gasteiger partial charge in [-0.2, -0.15) is 0 Å². The monoisotopic (exact) mass is 321 g/mol. The quantitative estimate of drug-likeness (QED) is 0.671. The number of hydrogen-bond donors (Lipinski definition) is 1. The smallest absolute Gasteiger partial charge is 0.0664 e. The van der Waals surface area contributed by atoms with Gasteiger partial charge in [-0.25, -0.2) is 0 Å². The molecule has 4 heteroatoms. The Morgan fingerprint density at radius 1 is 0.870 bits per heavy atom. The van der Waals surface area contributed by atoms with Gasteiger partial charge in [-0.1, -0.05) is 17.7 Å². The Morgan fingerprint density at radius 2 is 1.65 bits per heavy atom. The van der Waals surface area contributed by atoms with E-state index in [4.69, 9.17) is 0 Å². The van der Waals surface area contributed by atoms with Crippen LogP contribution in [0.5, 0.6) is 0 Å². The molecule has 0 radical (unpaired) electrons. The van der Waals surface area contributed by atoms with Gasteiger partial charge in [-0.15, -0.1) is 0 Å². The van der Waals surface area contributed by atoms with E-state index in [1.807, 2.05) is 32.3 Å². The van der Waals surface area contributed by atoms with Crippen molar-refractivity contribution < 1.29 is 0 Å². The molecule has 116 valence electrons. The van der Waals surface area contributed by atoms with Gasteiger partial charge in [0.25, 0.3) is 0 Å². The minimum absolute atomic E-state index is 0.985. The van der Waals surface area contributed by atoms with Crippen molar-refractivity contribution >= 4 is 17.6 Å². The maximum absolute atomic E-state index is 4.52. The van der Waals surface area contributed by atoms with Gasteiger partial charge in [0.15, 0.2) is 0 Å². The fraction of sp³-hybridized carbons (Fsp3) is 0.158. The minimum atomic E-state index is 0.985. The summed E-state index contributed by atoms with van der Waals surface area (Å²) in [4.78, 5) is 9.94. The Morgan fingerprint density at radius 3 is 2.39 bits per heavy atom. The Kier molecular flexibility index (Phi) is 4.63. The molecule has 0 atom stereocenters. The molecule has 0 saturated carbocycles. The van der Waals surface area contributed by atoms with E-state index in [0.717, 1.165) is 28.2 Å². The molecular formula is C19H19N3S. The lowest BCUT2D eigenvalue weighted by molar-refractivity contribution is 1.19. The number of aromatic nitrogens is 2. The molecule has 3 rings (SSSR count). The third kappa shape index (κ3) is 3.90. The molecule has 0 aliphatic carbocycles. The van der Waals surface area contributed by atoms with E-state index in [9.17, 15) is 0 Å². The first-order chi connectivity index (χ1) is 11.1. The van der Waals surface area contributed by atoms with E-state index in [1.165, 1.54) is 10.5 Å². The topological polar surface area (TPSA) is 37.8 Å². The number of rotatable bonds is 4. The molecule has 0 fully saturated rings. The first-order valence-corrected chi connectivity index (χ1v) is 8.33. The first kappa shape index (κ1) is 15.6. The van der Waals surface area contributed by atoms with Gasteiger partial charge in [0, 0.05) is 28.5 Å². The molecule has 2 heterocycles. The summed E-state index contributed by atoms with van der Waals surface area (Å²) in [6, 6.07) is 14.7. The third-order valence-corrected chi connectivity index (χ3v) is 4.45. The maximum Gasteiger partial charge on any atom is 0.0664 e. The number of pyridine rings is 2. The van der Waals surface area contributed by atoms with Crippen molar-refractivity contribution in [3.63, 3.8) is 0 Å². The summed E-state index contributed by atoms with van der Waals surface area (Å²) >= 11 is 1.60. The zero-order valence-electron chi connectivity index (χ0n) is 13.5. The summed E-state index contributed by atoms with van der Waals surface area (Å²) in [6.45, 7) is 6.10. The zero-order chi connectivity index (χ0) is 16.2. The molecule has 3 nitrogen and oxygen atoms in total. The lowest BCUT2D eigenvalue weighted by Gasteiger charge is -2.11. The van der Waals surface area contributed by atoms with E-state index >= 15 is 0 Å². The molecule has 0 saturated heterocycles. The number of anilines is 1. The fourth-order valence-corrected chi connectivity index (χ4v) is 2.95. The third-order valence-electron chi connectivity index (χ3n) is 3.62. The van der Waals surface area contributed by atoms with Crippen molar-refractivity contribution in [2.24, 2.45) is 0 Å². The summed E-state index contributed by atoms with van der Waals surface area (Å²) in [7, 11) is 0. The van der Waals surface area contributed by atoms with E-state index < -0.39 is 0 Å². The van der Waals surface area contributed by atoms with E-state index in [1.54, 1.807) is 11.9 Å². The number of nitrogens with zero attached hydrogens (tertiary/aromatic N) is 2. The molecule has 0 aliphatic rings. The van der Waals surface area contributed by atoms with E-state index in [0.29, 0.717) is 0 Å². The van der Waals surface area contributed by atoms with Crippen LogP contribution in [0.4, 0.5) is 5.69 Å². The molecule has 3 aromatic rings. The van der Waals surface area contributed by atoms with Crippen LogP contribution in [0.3, 0.4) is 0 Å². The Bertz CT molecular complexity index is 813. The highest BCUT2D eigenvalue weighted by molar-refractivity contribution is 8.00. The molecule has 2 aromatic heterocycles. The van der Waals surface area contributed by atoms with E-state index in [-0.39, 0.29) is 0 Å². The van der Waals surface area contributed by atoms with Crippen molar-refractivity contribution in [3.8, 4) is 11.1 Å². The van der Waals surface area contributed by atoms with Crippen LogP contribution in [0.25, 0.3) is 11.1 Å². The lowest BCUT2D eigenvalue weighted by Crippen LogP contribution is -1.94. The molecule has 0 spiro atoms. The highest BCUT2D eigenvalue weighted by atomic mass is 32.2. The largest absolute Gasteiger partial charge is 0.324 e. The second-order valence-corrected chi connectivity index (χ2v) is 6.44. The van der Waals surface area contributed by atoms with Gasteiger partial charge in [0.2, 0.25) is 0 Å². The van der Waals surface area contributed by atoms with Crippen molar-refractivity contribution in [1.82, 2.24) is 9.97 Å². The van der Waals surface area contributed by atoms with Crippen LogP contribution >= 0.6 is 11.9 Å². The fourth-order valence-electron chi connectivity index (χ4n) is 2.24. The number of benzene rings is 1. The molecular weight excluding hydrogens is 302 g/mol. The van der Waals surface area contributed by atoms with Crippen LogP contribution < -0.4 is 4.72 Å². The minimum Gasteiger partial charge on any atom is -0.324 e. The highest BCUT2D eigenvalue weighted by Gasteiger charge is 2.05. The SMILES string of the molecule is Cc1ccc(SNc2cc(-c3ccnc(C)c3)cnc2C)cc1. The zero-order valence-corrected chi connectivity index (χ0v) is 14.3. The predicted octanol–water partition coefficient (Wildman–Crippen LogP) is 5.19. The Labute approximate surface area is 141 Å². The van der Waals surface area contributed by atoms with Crippen LogP contribution in [-0.2, 0) is 0 Å². The second-order valence-electron chi connectivity index (χ2n) is 5.56. The van der Waals surface area contributed by atoms with Crippen LogP contribution in [0.2, 0.25) is 0 Å². The van der Waals surface area contributed by atoms with Gasteiger partial charge < -0.3 is 4.72 Å². The summed E-state index contributed by atoms with van der Waals surface area (Å²) in [5.74, 6) is 0. The van der Waals surface area contributed by atoms with E-state index in [2.05, 4.69) is 58.0 Å². The highest BCUT2D eigenvalue weighted by Crippen LogP contribution is 2.27. The normalized spacial score (nSPS) is 10.6. The number of hydrogen-bond acceptors (Lipinski definition) is 4. The number of nitrogens with one attached hydrogen (secondary N) is 1. The molecule has 1 aromatic carbocycles. The molecule has 0 unspecified atom stereocenters. The van der Waals surface area contributed by atoms with Crippen LogP contribution in [0.15, 0.2) is 59.8 Å².